The van der Waals surface area contributed by atoms with Crippen molar-refractivity contribution < 1.29 is 4.79 Å². The van der Waals surface area contributed by atoms with Crippen LogP contribution >= 0.6 is 11.6 Å². The molecule has 0 aliphatic heterocycles. The smallest absolute Gasteiger partial charge is 0.255 e. The van der Waals surface area contributed by atoms with Gasteiger partial charge in [0.2, 0.25) is 5.91 Å². The van der Waals surface area contributed by atoms with Crippen LogP contribution in [0.3, 0.4) is 0 Å². The first-order valence-electron chi connectivity index (χ1n) is 6.06. The molecule has 2 heterocycles. The summed E-state index contributed by atoms with van der Waals surface area (Å²) in [5.74, 6) is 0.944. The number of rotatable bonds is 4. The molecule has 1 amide bonds. The van der Waals surface area contributed by atoms with Gasteiger partial charge in [-0.3, -0.25) is 4.79 Å². The molecule has 1 aliphatic carbocycles. The SMILES string of the molecule is CC(Nc1cc(Cl)nc2ncnn12)C(=O)NC1CC1. The second kappa shape index (κ2) is 4.65. The van der Waals surface area contributed by atoms with Gasteiger partial charge in [0.15, 0.2) is 0 Å². The van der Waals surface area contributed by atoms with Gasteiger partial charge < -0.3 is 10.6 Å². The molecule has 19 heavy (non-hydrogen) atoms. The Labute approximate surface area is 114 Å². The minimum absolute atomic E-state index is 0.0382. The molecule has 2 aromatic rings. The van der Waals surface area contributed by atoms with Crippen LogP contribution in [0.4, 0.5) is 5.82 Å². The molecule has 1 aliphatic rings. The minimum Gasteiger partial charge on any atom is -0.358 e. The van der Waals surface area contributed by atoms with Crippen LogP contribution in [0.5, 0.6) is 0 Å². The monoisotopic (exact) mass is 280 g/mol. The topological polar surface area (TPSA) is 84.2 Å². The third-order valence-corrected chi connectivity index (χ3v) is 3.10. The first kappa shape index (κ1) is 12.2. The van der Waals surface area contributed by atoms with E-state index >= 15 is 0 Å². The normalized spacial score (nSPS) is 16.3. The Bertz CT molecular complexity index is 623. The summed E-state index contributed by atoms with van der Waals surface area (Å²) in [5, 5.41) is 10.3. The molecule has 0 aromatic carbocycles. The largest absolute Gasteiger partial charge is 0.358 e. The molecule has 100 valence electrons. The third kappa shape index (κ3) is 2.60. The van der Waals surface area contributed by atoms with Crippen molar-refractivity contribution in [1.29, 1.82) is 0 Å². The number of nitrogens with one attached hydrogen (secondary N) is 2. The fourth-order valence-electron chi connectivity index (χ4n) is 1.73. The number of anilines is 1. The van der Waals surface area contributed by atoms with E-state index in [0.717, 1.165) is 12.8 Å². The highest BCUT2D eigenvalue weighted by molar-refractivity contribution is 6.29. The van der Waals surface area contributed by atoms with Gasteiger partial charge in [-0.15, -0.1) is 0 Å². The van der Waals surface area contributed by atoms with Crippen LogP contribution in [0.1, 0.15) is 19.8 Å². The molecular formula is C11H13ClN6O. The van der Waals surface area contributed by atoms with E-state index in [-0.39, 0.29) is 11.9 Å². The van der Waals surface area contributed by atoms with E-state index in [9.17, 15) is 4.79 Å². The van der Waals surface area contributed by atoms with Gasteiger partial charge >= 0.3 is 0 Å². The van der Waals surface area contributed by atoms with Gasteiger partial charge in [-0.25, -0.2) is 0 Å². The predicted octanol–water partition coefficient (Wildman–Crippen LogP) is 0.857. The number of nitrogens with zero attached hydrogens (tertiary/aromatic N) is 4. The number of halogens is 1. The number of aromatic nitrogens is 4. The molecule has 1 saturated carbocycles. The van der Waals surface area contributed by atoms with Crippen LogP contribution in [0.2, 0.25) is 5.15 Å². The second-order valence-electron chi connectivity index (χ2n) is 4.58. The molecule has 1 fully saturated rings. The van der Waals surface area contributed by atoms with Gasteiger partial charge in [0.25, 0.3) is 5.78 Å². The average Bonchev–Trinajstić information content (AvgIpc) is 3.04. The summed E-state index contributed by atoms with van der Waals surface area (Å²) in [7, 11) is 0. The summed E-state index contributed by atoms with van der Waals surface area (Å²) in [6.07, 6.45) is 3.51. The lowest BCUT2D eigenvalue weighted by Gasteiger charge is -2.15. The van der Waals surface area contributed by atoms with Crippen LogP contribution in [0, 0.1) is 0 Å². The molecule has 2 aromatic heterocycles. The minimum atomic E-state index is -0.383. The Morgan fingerprint density at radius 3 is 3.11 bits per heavy atom. The van der Waals surface area contributed by atoms with E-state index < -0.39 is 0 Å². The van der Waals surface area contributed by atoms with Gasteiger partial charge in [-0.05, 0) is 19.8 Å². The number of hydrogen-bond acceptors (Lipinski definition) is 5. The zero-order chi connectivity index (χ0) is 13.4. The fourth-order valence-corrected chi connectivity index (χ4v) is 1.91. The molecule has 0 spiro atoms. The Morgan fingerprint density at radius 1 is 1.58 bits per heavy atom. The molecule has 0 bridgehead atoms. The molecule has 8 heteroatoms. The first-order chi connectivity index (χ1) is 9.13. The number of amides is 1. The first-order valence-corrected chi connectivity index (χ1v) is 6.44. The summed E-state index contributed by atoms with van der Waals surface area (Å²) < 4.78 is 1.51. The van der Waals surface area contributed by atoms with E-state index in [2.05, 4.69) is 25.7 Å². The fraction of sp³-hybridized carbons (Fsp3) is 0.455. The van der Waals surface area contributed by atoms with Crippen molar-refractivity contribution in [3.05, 3.63) is 17.5 Å². The van der Waals surface area contributed by atoms with E-state index in [0.29, 0.717) is 22.8 Å². The third-order valence-electron chi connectivity index (χ3n) is 2.90. The zero-order valence-corrected chi connectivity index (χ0v) is 11.1. The van der Waals surface area contributed by atoms with Gasteiger partial charge in [0.05, 0.1) is 0 Å². The van der Waals surface area contributed by atoms with E-state index in [4.69, 9.17) is 11.6 Å². The maximum Gasteiger partial charge on any atom is 0.255 e. The number of hydrogen-bond donors (Lipinski definition) is 2. The number of carbonyl (C=O) groups excluding carboxylic acids is 1. The van der Waals surface area contributed by atoms with Gasteiger partial charge in [0, 0.05) is 12.1 Å². The highest BCUT2D eigenvalue weighted by Gasteiger charge is 2.25. The van der Waals surface area contributed by atoms with Crippen LogP contribution in [-0.4, -0.2) is 37.6 Å². The molecule has 0 radical (unpaired) electrons. The van der Waals surface area contributed by atoms with Crippen molar-refractivity contribution in [3.63, 3.8) is 0 Å². The van der Waals surface area contributed by atoms with Crippen LogP contribution in [0.25, 0.3) is 5.78 Å². The van der Waals surface area contributed by atoms with E-state index in [1.165, 1.54) is 10.8 Å². The van der Waals surface area contributed by atoms with Crippen molar-refractivity contribution in [2.75, 3.05) is 5.32 Å². The Kier molecular flexibility index (Phi) is 2.98. The Balaban J connectivity index is 1.79. The molecule has 1 atom stereocenters. The summed E-state index contributed by atoms with van der Waals surface area (Å²) in [6, 6.07) is 1.57. The summed E-state index contributed by atoms with van der Waals surface area (Å²) in [4.78, 5) is 19.9. The van der Waals surface area contributed by atoms with Gasteiger partial charge in [0.1, 0.15) is 23.3 Å². The van der Waals surface area contributed by atoms with Crippen LogP contribution < -0.4 is 10.6 Å². The molecular weight excluding hydrogens is 268 g/mol. The van der Waals surface area contributed by atoms with Crippen molar-refractivity contribution in [3.8, 4) is 0 Å². The van der Waals surface area contributed by atoms with E-state index in [1.54, 1.807) is 13.0 Å². The lowest BCUT2D eigenvalue weighted by Crippen LogP contribution is -2.39. The second-order valence-corrected chi connectivity index (χ2v) is 4.97. The van der Waals surface area contributed by atoms with Crippen molar-refractivity contribution >= 4 is 29.1 Å². The van der Waals surface area contributed by atoms with Gasteiger partial charge in [-0.1, -0.05) is 11.6 Å². The molecule has 1 unspecified atom stereocenters. The Hall–Kier alpha value is -1.89. The lowest BCUT2D eigenvalue weighted by atomic mass is 10.3. The summed E-state index contributed by atoms with van der Waals surface area (Å²) in [5.41, 5.74) is 0. The average molecular weight is 281 g/mol. The quantitative estimate of drug-likeness (QED) is 0.812. The van der Waals surface area contributed by atoms with E-state index in [1.807, 2.05) is 0 Å². The van der Waals surface area contributed by atoms with Crippen molar-refractivity contribution in [1.82, 2.24) is 24.9 Å². The highest BCUT2D eigenvalue weighted by Crippen LogP contribution is 2.19. The maximum absolute atomic E-state index is 11.9. The molecule has 0 saturated heterocycles. The Morgan fingerprint density at radius 2 is 2.37 bits per heavy atom. The highest BCUT2D eigenvalue weighted by atomic mass is 35.5. The maximum atomic E-state index is 11.9. The van der Waals surface area contributed by atoms with Gasteiger partial charge in [-0.2, -0.15) is 19.6 Å². The molecule has 3 rings (SSSR count). The standard InChI is InChI=1S/C11H13ClN6O/c1-6(10(19)16-7-2-3-7)15-9-4-8(12)17-11-13-5-14-18(9)11/h4-7,15H,2-3H2,1H3,(H,16,19). The number of fused-ring (bicyclic) bond motifs is 1. The predicted molar refractivity (Wildman–Crippen MR) is 70.0 cm³/mol. The lowest BCUT2D eigenvalue weighted by molar-refractivity contribution is -0.121. The molecule has 2 N–H and O–H groups in total. The summed E-state index contributed by atoms with van der Waals surface area (Å²) in [6.45, 7) is 1.79. The zero-order valence-electron chi connectivity index (χ0n) is 10.3. The van der Waals surface area contributed by atoms with Crippen molar-refractivity contribution in [2.24, 2.45) is 0 Å². The van der Waals surface area contributed by atoms with Crippen LogP contribution in [-0.2, 0) is 4.79 Å². The van der Waals surface area contributed by atoms with Crippen molar-refractivity contribution in [2.45, 2.75) is 31.8 Å². The number of carbonyl (C=O) groups is 1. The van der Waals surface area contributed by atoms with Crippen LogP contribution in [0.15, 0.2) is 12.4 Å². The summed E-state index contributed by atoms with van der Waals surface area (Å²) >= 11 is 5.91. The molecule has 7 nitrogen and oxygen atoms in total.